The van der Waals surface area contributed by atoms with Crippen molar-refractivity contribution in [3.63, 3.8) is 0 Å². The summed E-state index contributed by atoms with van der Waals surface area (Å²) in [6.45, 7) is 2.43. The molecule has 0 aromatic heterocycles. The molecule has 208 valence electrons. The van der Waals surface area contributed by atoms with Crippen LogP contribution in [-0.4, -0.2) is 26.3 Å². The van der Waals surface area contributed by atoms with E-state index in [1.54, 1.807) is 49.6 Å². The average Bonchev–Trinajstić information content (AvgIpc) is 2.96. The lowest BCUT2D eigenvalue weighted by Gasteiger charge is -2.27. The number of nitriles is 1. The third kappa shape index (κ3) is 6.80. The molecule has 0 spiro atoms. The van der Waals surface area contributed by atoms with Crippen LogP contribution in [0.25, 0.3) is 0 Å². The van der Waals surface area contributed by atoms with E-state index in [0.717, 1.165) is 24.8 Å². The van der Waals surface area contributed by atoms with Gasteiger partial charge < -0.3 is 29.4 Å². The third-order valence-corrected chi connectivity index (χ3v) is 6.69. The van der Waals surface area contributed by atoms with E-state index in [-0.39, 0.29) is 23.8 Å². The Bertz CT molecular complexity index is 1430. The number of halogens is 1. The number of hydrogen-bond acceptors (Lipinski definition) is 8. The molecular weight excluding hydrogens is 532 g/mol. The Labute approximate surface area is 238 Å². The third-order valence-electron chi connectivity index (χ3n) is 6.38. The number of esters is 1. The molecule has 0 aliphatic carbocycles. The van der Waals surface area contributed by atoms with Gasteiger partial charge in [-0.3, -0.25) is 0 Å². The van der Waals surface area contributed by atoms with Crippen LogP contribution in [0.4, 0.5) is 0 Å². The Morgan fingerprint density at radius 3 is 2.60 bits per heavy atom. The second-order valence-corrected chi connectivity index (χ2v) is 9.54. The topological polar surface area (TPSA) is 113 Å². The second-order valence-electron chi connectivity index (χ2n) is 9.14. The summed E-state index contributed by atoms with van der Waals surface area (Å²) in [5, 5.41) is 10.3. The number of nitrogens with zero attached hydrogens (tertiary/aromatic N) is 1. The van der Waals surface area contributed by atoms with Crippen molar-refractivity contribution in [2.45, 2.75) is 38.5 Å². The van der Waals surface area contributed by atoms with Crippen molar-refractivity contribution in [1.82, 2.24) is 0 Å². The molecule has 8 nitrogen and oxygen atoms in total. The molecule has 9 heteroatoms. The van der Waals surface area contributed by atoms with Crippen LogP contribution in [0, 0.1) is 11.3 Å². The number of carbonyl (C=O) groups excluding carboxylic acids is 1. The molecule has 1 aliphatic rings. The van der Waals surface area contributed by atoms with Crippen LogP contribution in [0.2, 0.25) is 5.02 Å². The smallest absolute Gasteiger partial charge is 0.349 e. The Hall–Kier alpha value is -4.35. The summed E-state index contributed by atoms with van der Waals surface area (Å²) in [6, 6.07) is 19.5. The highest BCUT2D eigenvalue weighted by Gasteiger charge is 2.32. The molecular formula is C31H31ClN2O6. The number of benzene rings is 3. The maximum absolute atomic E-state index is 12.4. The monoisotopic (exact) mass is 562 g/mol. The first kappa shape index (κ1) is 28.7. The van der Waals surface area contributed by atoms with E-state index >= 15 is 0 Å². The SMILES string of the molecule is CCCCCCOc1ccc(C2C(C#N)=C(N)Oc3cc(OC(=O)COc4ccccc4Cl)ccc32)cc1OC. The average molecular weight is 563 g/mol. The quantitative estimate of drug-likeness (QED) is 0.151. The van der Waals surface area contributed by atoms with Gasteiger partial charge in [-0.15, -0.1) is 0 Å². The van der Waals surface area contributed by atoms with Crippen molar-refractivity contribution in [3.8, 4) is 34.8 Å². The number of ether oxygens (including phenoxy) is 5. The van der Waals surface area contributed by atoms with Crippen LogP contribution in [0.5, 0.6) is 28.7 Å². The molecule has 1 heterocycles. The number of para-hydroxylation sites is 1. The number of carbonyl (C=O) groups is 1. The highest BCUT2D eigenvalue weighted by Crippen LogP contribution is 2.45. The predicted molar refractivity (Wildman–Crippen MR) is 151 cm³/mol. The molecule has 2 N–H and O–H groups in total. The molecule has 0 amide bonds. The molecule has 0 bridgehead atoms. The van der Waals surface area contributed by atoms with Gasteiger partial charge in [-0.25, -0.2) is 4.79 Å². The standard InChI is InChI=1S/C31H31ClN2O6/c1-3-4-5-8-15-37-26-14-11-20(16-28(26)36-2)30-22-13-12-21(17-27(22)40-31(34)23(30)18-33)39-29(35)19-38-25-10-7-6-9-24(25)32/h6-7,9-14,16-17,30H,3-5,8,15,19,34H2,1-2H3. The molecule has 1 atom stereocenters. The van der Waals surface area contributed by atoms with Crippen LogP contribution in [0.3, 0.4) is 0 Å². The van der Waals surface area contributed by atoms with Gasteiger partial charge in [-0.05, 0) is 42.3 Å². The molecule has 1 aliphatic heterocycles. The second kappa shape index (κ2) is 13.6. The van der Waals surface area contributed by atoms with E-state index in [1.165, 1.54) is 6.42 Å². The molecule has 4 rings (SSSR count). The molecule has 3 aromatic rings. The highest BCUT2D eigenvalue weighted by molar-refractivity contribution is 6.32. The Kier molecular flexibility index (Phi) is 9.76. The zero-order valence-electron chi connectivity index (χ0n) is 22.4. The highest BCUT2D eigenvalue weighted by atomic mass is 35.5. The first-order valence-corrected chi connectivity index (χ1v) is 13.4. The molecule has 3 aromatic carbocycles. The normalized spacial score (nSPS) is 14.0. The van der Waals surface area contributed by atoms with Gasteiger partial charge in [0, 0.05) is 11.6 Å². The lowest BCUT2D eigenvalue weighted by molar-refractivity contribution is -0.136. The molecule has 0 fully saturated rings. The summed E-state index contributed by atoms with van der Waals surface area (Å²) in [6.07, 6.45) is 4.40. The summed E-state index contributed by atoms with van der Waals surface area (Å²) in [5.74, 6) is 1.01. The van der Waals surface area contributed by atoms with Crippen LogP contribution >= 0.6 is 11.6 Å². The molecule has 40 heavy (non-hydrogen) atoms. The first-order valence-electron chi connectivity index (χ1n) is 13.0. The maximum Gasteiger partial charge on any atom is 0.349 e. The molecule has 0 radical (unpaired) electrons. The number of fused-ring (bicyclic) bond motifs is 1. The first-order chi connectivity index (χ1) is 19.4. The fourth-order valence-electron chi connectivity index (χ4n) is 4.40. The fraction of sp³-hybridized carbons (Fsp3) is 0.290. The van der Waals surface area contributed by atoms with Gasteiger partial charge in [0.05, 0.1) is 24.7 Å². The van der Waals surface area contributed by atoms with E-state index in [0.29, 0.717) is 40.2 Å². The van der Waals surface area contributed by atoms with Crippen LogP contribution in [0.15, 0.2) is 72.1 Å². The van der Waals surface area contributed by atoms with Crippen molar-refractivity contribution < 1.29 is 28.5 Å². The van der Waals surface area contributed by atoms with Gasteiger partial charge in [-0.1, -0.05) is 62.1 Å². The summed E-state index contributed by atoms with van der Waals surface area (Å²) < 4.78 is 28.2. The maximum atomic E-state index is 12.4. The minimum atomic E-state index is -0.622. The number of rotatable bonds is 12. The largest absolute Gasteiger partial charge is 0.493 e. The van der Waals surface area contributed by atoms with Crippen LogP contribution < -0.4 is 29.4 Å². The molecule has 0 saturated carbocycles. The molecule has 0 saturated heterocycles. The summed E-state index contributed by atoms with van der Waals surface area (Å²) in [5.41, 5.74) is 7.88. The van der Waals surface area contributed by atoms with E-state index in [1.807, 2.05) is 18.2 Å². The number of allylic oxidation sites excluding steroid dienone is 1. The van der Waals surface area contributed by atoms with Crippen molar-refractivity contribution in [2.24, 2.45) is 5.73 Å². The van der Waals surface area contributed by atoms with Gasteiger partial charge in [0.15, 0.2) is 18.1 Å². The van der Waals surface area contributed by atoms with Crippen LogP contribution in [-0.2, 0) is 4.79 Å². The van der Waals surface area contributed by atoms with E-state index in [2.05, 4.69) is 13.0 Å². The minimum absolute atomic E-state index is 0.0271. The lowest BCUT2D eigenvalue weighted by atomic mass is 9.83. The number of hydrogen-bond donors (Lipinski definition) is 1. The van der Waals surface area contributed by atoms with E-state index in [9.17, 15) is 10.1 Å². The van der Waals surface area contributed by atoms with E-state index in [4.69, 9.17) is 41.0 Å². The summed E-state index contributed by atoms with van der Waals surface area (Å²) in [7, 11) is 1.58. The lowest BCUT2D eigenvalue weighted by Crippen LogP contribution is -2.22. The minimum Gasteiger partial charge on any atom is -0.493 e. The predicted octanol–water partition coefficient (Wildman–Crippen LogP) is 6.51. The van der Waals surface area contributed by atoms with Gasteiger partial charge >= 0.3 is 5.97 Å². The number of unbranched alkanes of at least 4 members (excludes halogenated alkanes) is 3. The Balaban J connectivity index is 1.53. The summed E-state index contributed by atoms with van der Waals surface area (Å²) in [4.78, 5) is 12.4. The number of methoxy groups -OCH3 is 1. The van der Waals surface area contributed by atoms with Gasteiger partial charge in [0.2, 0.25) is 5.88 Å². The van der Waals surface area contributed by atoms with Gasteiger partial charge in [0.25, 0.3) is 0 Å². The van der Waals surface area contributed by atoms with Crippen molar-refractivity contribution in [3.05, 3.63) is 88.3 Å². The van der Waals surface area contributed by atoms with Gasteiger partial charge in [-0.2, -0.15) is 5.26 Å². The van der Waals surface area contributed by atoms with Crippen LogP contribution in [0.1, 0.15) is 49.7 Å². The zero-order chi connectivity index (χ0) is 28.5. The number of nitrogens with two attached hydrogens (primary N) is 1. The Morgan fingerprint density at radius 2 is 1.85 bits per heavy atom. The van der Waals surface area contributed by atoms with Gasteiger partial charge in [0.1, 0.15) is 28.9 Å². The fourth-order valence-corrected chi connectivity index (χ4v) is 4.59. The Morgan fingerprint density at radius 1 is 1.02 bits per heavy atom. The van der Waals surface area contributed by atoms with Crippen molar-refractivity contribution >= 4 is 17.6 Å². The van der Waals surface area contributed by atoms with E-state index < -0.39 is 11.9 Å². The molecule has 1 unspecified atom stereocenters. The zero-order valence-corrected chi connectivity index (χ0v) is 23.2. The summed E-state index contributed by atoms with van der Waals surface area (Å²) >= 11 is 6.07. The van der Waals surface area contributed by atoms with Crippen molar-refractivity contribution in [1.29, 1.82) is 5.26 Å². The van der Waals surface area contributed by atoms with Crippen molar-refractivity contribution in [2.75, 3.05) is 20.3 Å².